The van der Waals surface area contributed by atoms with Crippen molar-refractivity contribution in [1.82, 2.24) is 29.4 Å². The number of fused-ring (bicyclic) bond motifs is 2. The molecule has 4 heterocycles. The summed E-state index contributed by atoms with van der Waals surface area (Å²) in [6.07, 6.45) is 0.879. The number of hydrogen-bond donors (Lipinski definition) is 2. The molecule has 4 aromatic rings. The van der Waals surface area contributed by atoms with Crippen LogP contribution in [0, 0.1) is 25.7 Å². The number of carbonyl (C=O) groups is 1. The van der Waals surface area contributed by atoms with Gasteiger partial charge in [0.15, 0.2) is 11.5 Å². The number of carbonyl (C=O) groups excluding carboxylic acids is 1. The summed E-state index contributed by atoms with van der Waals surface area (Å²) in [5.41, 5.74) is 2.06. The van der Waals surface area contributed by atoms with Gasteiger partial charge in [0, 0.05) is 38.5 Å². The molecular formula is C27H29ClN8O5S. The van der Waals surface area contributed by atoms with Crippen LogP contribution in [0.25, 0.3) is 10.9 Å². The number of hydrogen-bond acceptors (Lipinski definition) is 11. The summed E-state index contributed by atoms with van der Waals surface area (Å²) in [7, 11) is -2.10. The average Bonchev–Trinajstić information content (AvgIpc) is 3.20. The van der Waals surface area contributed by atoms with Gasteiger partial charge in [-0.2, -0.15) is 4.98 Å². The number of pyridine rings is 1. The Kier molecular flexibility index (Phi) is 6.72. The molecular weight excluding hydrogens is 584 g/mol. The second-order valence-corrected chi connectivity index (χ2v) is 13.2. The fourth-order valence-corrected chi connectivity index (χ4v) is 6.51. The minimum atomic E-state index is -3.83. The van der Waals surface area contributed by atoms with Crippen molar-refractivity contribution in [3.8, 4) is 0 Å². The number of aryl methyl sites for hydroxylation is 2. The Morgan fingerprint density at radius 3 is 2.50 bits per heavy atom. The summed E-state index contributed by atoms with van der Waals surface area (Å²) in [5.74, 6) is 1.92. The van der Waals surface area contributed by atoms with Gasteiger partial charge in [-0.1, -0.05) is 22.8 Å². The topological polar surface area (TPSA) is 165 Å². The van der Waals surface area contributed by atoms with Crippen molar-refractivity contribution in [3.05, 3.63) is 68.3 Å². The van der Waals surface area contributed by atoms with Crippen LogP contribution < -0.4 is 20.5 Å². The molecule has 0 radical (unpaired) electrons. The standard InChI is InChI=1S/C27H29ClN8O5S/c1-12-8-15(13(2)29-19-6-7-20(28)31-23(19)25(37)34-42(5,39)40)22-16(9-12)26(38)35(4)27(32-22)36-10-17-18(11-36)21(17)24-30-14(3)41-33-24/h6-9,13,17-18,21,29H,10-11H2,1-5H3,(H,34,37)/t13-,17-,18+,21?/m1/s1. The maximum Gasteiger partial charge on any atom is 0.285 e. The first-order valence-electron chi connectivity index (χ1n) is 13.3. The van der Waals surface area contributed by atoms with Crippen LogP contribution in [0.4, 0.5) is 11.6 Å². The first-order chi connectivity index (χ1) is 19.8. The fourth-order valence-electron chi connectivity index (χ4n) is 5.93. The normalized spacial score (nSPS) is 20.4. The van der Waals surface area contributed by atoms with Gasteiger partial charge in [-0.3, -0.25) is 14.2 Å². The summed E-state index contributed by atoms with van der Waals surface area (Å²) in [6, 6.07) is 6.35. The predicted molar refractivity (Wildman–Crippen MR) is 156 cm³/mol. The number of benzene rings is 1. The molecule has 1 saturated heterocycles. The van der Waals surface area contributed by atoms with E-state index in [9.17, 15) is 18.0 Å². The third kappa shape index (κ3) is 5.09. The van der Waals surface area contributed by atoms with Gasteiger partial charge in [-0.05, 0) is 49.4 Å². The van der Waals surface area contributed by atoms with E-state index in [2.05, 4.69) is 25.3 Å². The number of halogens is 1. The second kappa shape index (κ2) is 10.1. The van der Waals surface area contributed by atoms with Crippen molar-refractivity contribution in [2.45, 2.75) is 32.7 Å². The van der Waals surface area contributed by atoms with Crippen molar-refractivity contribution in [2.24, 2.45) is 18.9 Å². The highest BCUT2D eigenvalue weighted by Crippen LogP contribution is 2.57. The van der Waals surface area contributed by atoms with Gasteiger partial charge in [-0.25, -0.2) is 23.1 Å². The number of anilines is 2. The van der Waals surface area contributed by atoms with E-state index in [1.54, 1.807) is 24.6 Å². The molecule has 13 nitrogen and oxygen atoms in total. The Balaban J connectivity index is 1.33. The molecule has 2 fully saturated rings. The number of sulfonamides is 1. The van der Waals surface area contributed by atoms with Crippen molar-refractivity contribution < 1.29 is 17.7 Å². The van der Waals surface area contributed by atoms with Gasteiger partial charge in [0.1, 0.15) is 5.15 Å². The van der Waals surface area contributed by atoms with Crippen molar-refractivity contribution >= 4 is 50.1 Å². The van der Waals surface area contributed by atoms with Crippen molar-refractivity contribution in [2.75, 3.05) is 29.6 Å². The Bertz CT molecular complexity index is 1910. The van der Waals surface area contributed by atoms with Crippen molar-refractivity contribution in [1.29, 1.82) is 0 Å². The molecule has 1 unspecified atom stereocenters. The van der Waals surface area contributed by atoms with Crippen molar-refractivity contribution in [3.63, 3.8) is 0 Å². The minimum absolute atomic E-state index is 0.0306. The molecule has 1 aromatic carbocycles. The third-order valence-corrected chi connectivity index (χ3v) is 8.61. The largest absolute Gasteiger partial charge is 0.377 e. The van der Waals surface area contributed by atoms with Crippen LogP contribution in [0.15, 0.2) is 33.6 Å². The molecule has 42 heavy (non-hydrogen) atoms. The van der Waals surface area contributed by atoms with Crippen LogP contribution in [-0.4, -0.2) is 58.3 Å². The number of nitrogens with one attached hydrogen (secondary N) is 2. The fraction of sp³-hybridized carbons (Fsp3) is 0.407. The minimum Gasteiger partial charge on any atom is -0.377 e. The lowest BCUT2D eigenvalue weighted by atomic mass is 10.0. The lowest BCUT2D eigenvalue weighted by Gasteiger charge is -2.24. The summed E-state index contributed by atoms with van der Waals surface area (Å²) in [5, 5.41) is 7.84. The smallest absolute Gasteiger partial charge is 0.285 e. The van der Waals surface area contributed by atoms with E-state index in [1.165, 1.54) is 6.07 Å². The maximum atomic E-state index is 13.6. The van der Waals surface area contributed by atoms with Gasteiger partial charge < -0.3 is 14.7 Å². The summed E-state index contributed by atoms with van der Waals surface area (Å²) in [6.45, 7) is 6.98. The maximum absolute atomic E-state index is 13.6. The van der Waals surface area contributed by atoms with Crippen LogP contribution in [0.2, 0.25) is 5.15 Å². The predicted octanol–water partition coefficient (Wildman–Crippen LogP) is 2.69. The Morgan fingerprint density at radius 1 is 1.14 bits per heavy atom. The summed E-state index contributed by atoms with van der Waals surface area (Å²) in [4.78, 5) is 41.9. The highest BCUT2D eigenvalue weighted by Gasteiger charge is 2.59. The average molecular weight is 613 g/mol. The van der Waals surface area contributed by atoms with E-state index in [1.807, 2.05) is 30.7 Å². The van der Waals surface area contributed by atoms with Crippen LogP contribution in [-0.2, 0) is 17.1 Å². The molecule has 2 aliphatic rings. The number of amides is 1. The highest BCUT2D eigenvalue weighted by molar-refractivity contribution is 7.89. The molecule has 1 aliphatic heterocycles. The molecule has 0 spiro atoms. The Morgan fingerprint density at radius 2 is 1.86 bits per heavy atom. The molecule has 4 atom stereocenters. The lowest BCUT2D eigenvalue weighted by Crippen LogP contribution is -2.32. The van der Waals surface area contributed by atoms with E-state index >= 15 is 0 Å². The van der Waals surface area contributed by atoms with Gasteiger partial charge in [0.2, 0.25) is 21.9 Å². The monoisotopic (exact) mass is 612 g/mol. The first kappa shape index (κ1) is 28.1. The molecule has 3 aromatic heterocycles. The molecule has 6 rings (SSSR count). The van der Waals surface area contributed by atoms with E-state index < -0.39 is 22.0 Å². The zero-order chi connectivity index (χ0) is 30.1. The number of rotatable bonds is 7. The SMILES string of the molecule is Cc1cc([C@@H](C)Nc2ccc(Cl)nc2C(=O)NS(C)(=O)=O)c2nc(N3C[C@@H]4C(c5noc(C)n5)[C@@H]4C3)n(C)c(=O)c2c1. The molecule has 220 valence electrons. The van der Waals surface area contributed by atoms with Crippen LogP contribution in [0.5, 0.6) is 0 Å². The number of aromatic nitrogens is 5. The van der Waals surface area contributed by atoms with E-state index in [0.29, 0.717) is 34.6 Å². The lowest BCUT2D eigenvalue weighted by molar-refractivity contribution is 0.0977. The third-order valence-electron chi connectivity index (χ3n) is 7.84. The van der Waals surface area contributed by atoms with Crippen LogP contribution >= 0.6 is 11.6 Å². The van der Waals surface area contributed by atoms with E-state index in [0.717, 1.165) is 36.3 Å². The van der Waals surface area contributed by atoms with Gasteiger partial charge in [0.05, 0.1) is 28.9 Å². The van der Waals surface area contributed by atoms with Crippen LogP contribution in [0.3, 0.4) is 0 Å². The molecule has 15 heteroatoms. The highest BCUT2D eigenvalue weighted by atomic mass is 35.5. The molecule has 0 bridgehead atoms. The van der Waals surface area contributed by atoms with Crippen LogP contribution in [0.1, 0.15) is 52.2 Å². The quantitative estimate of drug-likeness (QED) is 0.295. The van der Waals surface area contributed by atoms with Gasteiger partial charge >= 0.3 is 0 Å². The summed E-state index contributed by atoms with van der Waals surface area (Å²) < 4.78 is 32.0. The molecule has 1 amide bonds. The van der Waals surface area contributed by atoms with E-state index in [4.69, 9.17) is 21.1 Å². The Hall–Kier alpha value is -4.04. The molecule has 2 N–H and O–H groups in total. The zero-order valence-corrected chi connectivity index (χ0v) is 25.1. The molecule has 1 saturated carbocycles. The number of nitrogens with zero attached hydrogens (tertiary/aromatic N) is 6. The summed E-state index contributed by atoms with van der Waals surface area (Å²) >= 11 is 6.02. The van der Waals surface area contributed by atoms with Gasteiger partial charge in [0.25, 0.3) is 11.5 Å². The Labute approximate surface area is 246 Å². The second-order valence-electron chi connectivity index (χ2n) is 11.1. The number of piperidine rings is 1. The zero-order valence-electron chi connectivity index (χ0n) is 23.5. The first-order valence-corrected chi connectivity index (χ1v) is 15.6. The van der Waals surface area contributed by atoms with E-state index in [-0.39, 0.29) is 28.0 Å². The van der Waals surface area contributed by atoms with Gasteiger partial charge in [-0.15, -0.1) is 0 Å². The molecule has 1 aliphatic carbocycles.